The Morgan fingerprint density at radius 1 is 1.12 bits per heavy atom. The second-order valence-electron chi connectivity index (χ2n) is 4.72. The zero-order valence-electron chi connectivity index (χ0n) is 12.6. The van der Waals surface area contributed by atoms with Crippen molar-refractivity contribution in [3.05, 3.63) is 46.6 Å². The van der Waals surface area contributed by atoms with E-state index in [0.717, 1.165) is 9.13 Å². The van der Waals surface area contributed by atoms with E-state index in [0.29, 0.717) is 18.6 Å². The molecule has 0 aromatic heterocycles. The van der Waals surface area contributed by atoms with Crippen LogP contribution in [-0.4, -0.2) is 17.1 Å². The largest absolute Gasteiger partial charge is 1.00 e. The number of benzene rings is 2. The number of ether oxygens (including phenoxy) is 1. The van der Waals surface area contributed by atoms with Gasteiger partial charge in [0.15, 0.2) is 0 Å². The van der Waals surface area contributed by atoms with Gasteiger partial charge >= 0.3 is 35.5 Å². The Bertz CT molecular complexity index is 734. The minimum atomic E-state index is -1.03. The molecule has 0 amide bonds. The van der Waals surface area contributed by atoms with E-state index in [1.165, 1.54) is 0 Å². The van der Waals surface area contributed by atoms with Gasteiger partial charge in [0.2, 0.25) is 0 Å². The molecule has 0 fully saturated rings. The molecule has 2 rings (SSSR count). The van der Waals surface area contributed by atoms with Gasteiger partial charge in [0.1, 0.15) is 17.5 Å². The smallest absolute Gasteiger partial charge is 0.871 e. The van der Waals surface area contributed by atoms with Crippen LogP contribution in [-0.2, 0) is 11.2 Å². The molecule has 0 aliphatic carbocycles. The molecule has 0 saturated heterocycles. The molecule has 2 aromatic carbocycles. The molecule has 9 heteroatoms. The number of hydrogen-bond acceptors (Lipinski definition) is 4. The van der Waals surface area contributed by atoms with Crippen LogP contribution < -0.4 is 45.1 Å². The van der Waals surface area contributed by atoms with Crippen LogP contribution in [0.3, 0.4) is 0 Å². The first-order chi connectivity index (χ1) is 10.8. The first-order valence-corrected chi connectivity index (χ1v) is 9.62. The summed E-state index contributed by atoms with van der Waals surface area (Å²) in [5, 5.41) is 20.6. The minimum Gasteiger partial charge on any atom is -0.871 e. The fourth-order valence-corrected chi connectivity index (χ4v) is 4.23. The molecule has 1 atom stereocenters. The number of rotatable bonds is 5. The summed E-state index contributed by atoms with van der Waals surface area (Å²) in [5.74, 6) is 0.172. The van der Waals surface area contributed by atoms with Crippen LogP contribution in [0, 0.1) is 10.7 Å². The summed E-state index contributed by atoms with van der Waals surface area (Å²) >= 11 is 6.09. The fourth-order valence-electron chi connectivity index (χ4n) is 1.81. The first-order valence-electron chi connectivity index (χ1n) is 6.38. The van der Waals surface area contributed by atoms with Gasteiger partial charge in [-0.2, -0.15) is 0 Å². The van der Waals surface area contributed by atoms with Gasteiger partial charge in [0, 0.05) is 10.7 Å². The van der Waals surface area contributed by atoms with Crippen molar-refractivity contribution in [1.82, 2.24) is 0 Å². The number of carboxylic acid groups (broad SMARTS) is 1. The third kappa shape index (κ3) is 6.13. The number of hydrogen-bond donors (Lipinski definition) is 2. The zero-order chi connectivity index (χ0) is 17.1. The Kier molecular flexibility index (Phi) is 9.57. The molecule has 122 valence electrons. The Morgan fingerprint density at radius 2 is 1.67 bits per heavy atom. The summed E-state index contributed by atoms with van der Waals surface area (Å²) < 4.78 is 7.86. The number of carboxylic acids is 1. The molecule has 5 nitrogen and oxygen atoms in total. The van der Waals surface area contributed by atoms with Crippen LogP contribution in [0.15, 0.2) is 30.3 Å². The molecule has 3 N–H and O–H groups in total. The Hall–Kier alpha value is 0.660. The van der Waals surface area contributed by atoms with Gasteiger partial charge in [-0.3, -0.25) is 4.79 Å². The molecule has 2 aromatic rings. The van der Waals surface area contributed by atoms with E-state index in [9.17, 15) is 9.90 Å². The third-order valence-corrected chi connectivity index (χ3v) is 5.60. The van der Waals surface area contributed by atoms with Crippen molar-refractivity contribution < 1.29 is 49.3 Å². The van der Waals surface area contributed by atoms with Crippen molar-refractivity contribution in [3.8, 4) is 17.2 Å². The predicted octanol–water partition coefficient (Wildman–Crippen LogP) is 0.325. The van der Waals surface area contributed by atoms with Crippen LogP contribution in [0.2, 0.25) is 0 Å². The van der Waals surface area contributed by atoms with Crippen LogP contribution in [0.4, 0.5) is 0 Å². The Labute approximate surface area is 202 Å². The molecule has 24 heavy (non-hydrogen) atoms. The van der Waals surface area contributed by atoms with Crippen LogP contribution >= 0.6 is 67.8 Å². The summed E-state index contributed by atoms with van der Waals surface area (Å²) in [7, 11) is 0. The molecule has 0 heterocycles. The maximum absolute atomic E-state index is 11.7. The maximum Gasteiger partial charge on any atom is 1.00 e. The molecule has 0 spiro atoms. The van der Waals surface area contributed by atoms with Gasteiger partial charge in [0.25, 0.3) is 0 Å². The normalized spacial score (nSPS) is 11.5. The second-order valence-corrected chi connectivity index (χ2v) is 8.21. The van der Waals surface area contributed by atoms with Gasteiger partial charge in [-0.15, -0.1) is 0 Å². The van der Waals surface area contributed by atoms with E-state index >= 15 is 0 Å². The summed E-state index contributed by atoms with van der Waals surface area (Å²) in [6, 6.07) is 7.82. The van der Waals surface area contributed by atoms with Gasteiger partial charge < -0.3 is 20.7 Å². The number of carbonyl (C=O) groups is 1. The van der Waals surface area contributed by atoms with Crippen LogP contribution in [0.5, 0.6) is 17.2 Å². The molecule has 0 radical (unpaired) electrons. The fraction of sp³-hybridized carbons (Fsp3) is 0.133. The van der Waals surface area contributed by atoms with E-state index in [4.69, 9.17) is 15.6 Å². The van der Waals surface area contributed by atoms with Crippen molar-refractivity contribution in [2.24, 2.45) is 5.73 Å². The van der Waals surface area contributed by atoms with Crippen molar-refractivity contribution >= 4 is 73.7 Å². The van der Waals surface area contributed by atoms with E-state index in [-0.39, 0.29) is 41.7 Å². The average Bonchev–Trinajstić information content (AvgIpc) is 2.47. The van der Waals surface area contributed by atoms with Gasteiger partial charge in [-0.25, -0.2) is 0 Å². The maximum atomic E-state index is 11.7. The molecule has 0 bridgehead atoms. The Balaban J connectivity index is 0.00000288. The molecular weight excluding hydrogens is 662 g/mol. The minimum absolute atomic E-state index is 0. The second kappa shape index (κ2) is 10.1. The molecule has 0 saturated carbocycles. The van der Waals surface area contributed by atoms with Crippen LogP contribution in [0.25, 0.3) is 0 Å². The van der Waals surface area contributed by atoms with E-state index < -0.39 is 12.0 Å². The van der Waals surface area contributed by atoms with E-state index in [1.54, 1.807) is 24.3 Å². The Morgan fingerprint density at radius 3 is 2.17 bits per heavy atom. The SMILES string of the molecule is N[C@@H](Cc1ccc(Oc2cc(I)c([O-])c(I)c2)cc1I)C(=O)O.[Na+]. The number of nitrogens with two attached hydrogens (primary N) is 1. The molecule has 0 aliphatic heterocycles. The number of aliphatic carboxylic acids is 1. The van der Waals surface area contributed by atoms with E-state index in [1.807, 2.05) is 51.2 Å². The quantitative estimate of drug-likeness (QED) is 0.353. The average molecular weight is 673 g/mol. The molecule has 0 aliphatic rings. The monoisotopic (exact) mass is 673 g/mol. The summed E-state index contributed by atoms with van der Waals surface area (Å²) in [5.41, 5.74) is 6.41. The topological polar surface area (TPSA) is 95.6 Å². The van der Waals surface area contributed by atoms with Crippen molar-refractivity contribution in [2.75, 3.05) is 0 Å². The van der Waals surface area contributed by atoms with Crippen LogP contribution in [0.1, 0.15) is 5.56 Å². The van der Waals surface area contributed by atoms with Crippen molar-refractivity contribution in [3.63, 3.8) is 0 Å². The van der Waals surface area contributed by atoms with Crippen molar-refractivity contribution in [1.29, 1.82) is 0 Å². The predicted molar refractivity (Wildman–Crippen MR) is 110 cm³/mol. The summed E-state index contributed by atoms with van der Waals surface area (Å²) in [6.45, 7) is 0. The first kappa shape index (κ1) is 22.7. The van der Waals surface area contributed by atoms with Crippen molar-refractivity contribution in [2.45, 2.75) is 12.5 Å². The third-order valence-electron chi connectivity index (χ3n) is 2.99. The van der Waals surface area contributed by atoms with Gasteiger partial charge in [-0.1, -0.05) is 11.8 Å². The molecular formula is C15H11I3NNaO4. The summed E-state index contributed by atoms with van der Waals surface area (Å²) in [6.07, 6.45) is 0.258. The number of halogens is 3. The van der Waals surface area contributed by atoms with Gasteiger partial charge in [-0.05, 0) is 104 Å². The standard InChI is InChI=1S/C15H12I3NO4.Na/c16-10-4-8(2-1-7(10)3-13(19)15(21)22)23-9-5-11(17)14(20)12(18)6-9;/h1-2,4-6,13,20H,3,19H2,(H,21,22);/q;+1/p-1/t13-;/m0./s1. The summed E-state index contributed by atoms with van der Waals surface area (Å²) in [4.78, 5) is 10.8. The van der Waals surface area contributed by atoms with Gasteiger partial charge in [0.05, 0.1) is 0 Å². The zero-order valence-corrected chi connectivity index (χ0v) is 21.0. The molecule has 0 unspecified atom stereocenters. The van der Waals surface area contributed by atoms with E-state index in [2.05, 4.69) is 22.6 Å².